The van der Waals surface area contributed by atoms with Gasteiger partial charge in [0.1, 0.15) is 5.82 Å². The molecule has 0 unspecified atom stereocenters. The summed E-state index contributed by atoms with van der Waals surface area (Å²) in [6, 6.07) is 4.76. The SMILES string of the molecule is CCCCN(C)c1ccc(NC(=O)CN)c(F)c1. The maximum Gasteiger partial charge on any atom is 0.238 e. The summed E-state index contributed by atoms with van der Waals surface area (Å²) in [6.07, 6.45) is 2.15. The zero-order valence-electron chi connectivity index (χ0n) is 10.9. The molecular weight excluding hydrogens is 233 g/mol. The Morgan fingerprint density at radius 2 is 2.22 bits per heavy atom. The first kappa shape index (κ1) is 14.4. The lowest BCUT2D eigenvalue weighted by molar-refractivity contribution is -0.114. The van der Waals surface area contributed by atoms with Gasteiger partial charge < -0.3 is 16.0 Å². The largest absolute Gasteiger partial charge is 0.375 e. The highest BCUT2D eigenvalue weighted by Crippen LogP contribution is 2.21. The highest BCUT2D eigenvalue weighted by atomic mass is 19.1. The molecule has 0 atom stereocenters. The van der Waals surface area contributed by atoms with Crippen LogP contribution in [0.15, 0.2) is 18.2 Å². The highest BCUT2D eigenvalue weighted by molar-refractivity contribution is 5.92. The van der Waals surface area contributed by atoms with Crippen LogP contribution in [0.5, 0.6) is 0 Å². The van der Waals surface area contributed by atoms with Crippen molar-refractivity contribution in [3.05, 3.63) is 24.0 Å². The van der Waals surface area contributed by atoms with Crippen LogP contribution >= 0.6 is 0 Å². The number of nitrogens with two attached hydrogens (primary N) is 1. The number of carbonyl (C=O) groups is 1. The van der Waals surface area contributed by atoms with Crippen molar-refractivity contribution in [3.8, 4) is 0 Å². The molecule has 1 aromatic carbocycles. The number of benzene rings is 1. The molecule has 0 bridgehead atoms. The van der Waals surface area contributed by atoms with Crippen molar-refractivity contribution >= 4 is 17.3 Å². The van der Waals surface area contributed by atoms with Gasteiger partial charge in [-0.25, -0.2) is 4.39 Å². The van der Waals surface area contributed by atoms with Gasteiger partial charge in [-0.05, 0) is 24.6 Å². The van der Waals surface area contributed by atoms with Crippen molar-refractivity contribution in [1.29, 1.82) is 0 Å². The fourth-order valence-corrected chi connectivity index (χ4v) is 1.57. The molecule has 0 spiro atoms. The van der Waals surface area contributed by atoms with Crippen molar-refractivity contribution in [1.82, 2.24) is 0 Å². The van der Waals surface area contributed by atoms with Crippen LogP contribution in [-0.4, -0.2) is 26.0 Å². The van der Waals surface area contributed by atoms with E-state index in [1.165, 1.54) is 6.07 Å². The molecule has 4 nitrogen and oxygen atoms in total. The number of carbonyl (C=O) groups excluding carboxylic acids is 1. The summed E-state index contributed by atoms with van der Waals surface area (Å²) in [5.41, 5.74) is 6.12. The third-order valence-corrected chi connectivity index (χ3v) is 2.70. The molecule has 0 aliphatic carbocycles. The van der Waals surface area contributed by atoms with Gasteiger partial charge >= 0.3 is 0 Å². The van der Waals surface area contributed by atoms with E-state index in [1.807, 2.05) is 11.9 Å². The maximum absolute atomic E-state index is 13.7. The fourth-order valence-electron chi connectivity index (χ4n) is 1.57. The van der Waals surface area contributed by atoms with Crippen LogP contribution in [0.2, 0.25) is 0 Å². The first-order valence-corrected chi connectivity index (χ1v) is 6.09. The number of hydrogen-bond donors (Lipinski definition) is 2. The van der Waals surface area contributed by atoms with Gasteiger partial charge in [-0.1, -0.05) is 13.3 Å². The van der Waals surface area contributed by atoms with Crippen LogP contribution in [0.4, 0.5) is 15.8 Å². The number of anilines is 2. The van der Waals surface area contributed by atoms with Gasteiger partial charge in [0.05, 0.1) is 12.2 Å². The molecule has 1 amide bonds. The van der Waals surface area contributed by atoms with Crippen LogP contribution < -0.4 is 16.0 Å². The second-order valence-corrected chi connectivity index (χ2v) is 4.19. The van der Waals surface area contributed by atoms with E-state index in [4.69, 9.17) is 5.73 Å². The number of nitrogens with zero attached hydrogens (tertiary/aromatic N) is 1. The van der Waals surface area contributed by atoms with Gasteiger partial charge in [0, 0.05) is 19.3 Å². The Kier molecular flexibility index (Phi) is 5.58. The molecule has 0 aliphatic heterocycles. The summed E-state index contributed by atoms with van der Waals surface area (Å²) in [4.78, 5) is 13.1. The lowest BCUT2D eigenvalue weighted by Crippen LogP contribution is -2.23. The fraction of sp³-hybridized carbons (Fsp3) is 0.462. The van der Waals surface area contributed by atoms with Crippen molar-refractivity contribution in [2.45, 2.75) is 19.8 Å². The Morgan fingerprint density at radius 3 is 2.78 bits per heavy atom. The number of halogens is 1. The van der Waals surface area contributed by atoms with Crippen molar-refractivity contribution in [2.24, 2.45) is 5.73 Å². The van der Waals surface area contributed by atoms with E-state index in [0.29, 0.717) is 0 Å². The zero-order valence-corrected chi connectivity index (χ0v) is 10.9. The summed E-state index contributed by atoms with van der Waals surface area (Å²) >= 11 is 0. The average Bonchev–Trinajstić information content (AvgIpc) is 2.38. The normalized spacial score (nSPS) is 10.2. The Hall–Kier alpha value is -1.62. The predicted octanol–water partition coefficient (Wildman–Crippen LogP) is 1.96. The molecule has 0 fully saturated rings. The van der Waals surface area contributed by atoms with E-state index in [-0.39, 0.29) is 12.2 Å². The van der Waals surface area contributed by atoms with Crippen molar-refractivity contribution < 1.29 is 9.18 Å². The molecule has 3 N–H and O–H groups in total. The molecule has 0 saturated heterocycles. The maximum atomic E-state index is 13.7. The van der Waals surface area contributed by atoms with E-state index in [9.17, 15) is 9.18 Å². The number of rotatable bonds is 6. The van der Waals surface area contributed by atoms with E-state index in [0.717, 1.165) is 25.1 Å². The number of amides is 1. The summed E-state index contributed by atoms with van der Waals surface area (Å²) in [5.74, 6) is -0.848. The molecule has 1 rings (SSSR count). The minimum Gasteiger partial charge on any atom is -0.375 e. The molecule has 0 heterocycles. The summed E-state index contributed by atoms with van der Waals surface area (Å²) in [5, 5.41) is 2.41. The summed E-state index contributed by atoms with van der Waals surface area (Å²) in [6.45, 7) is 2.84. The van der Waals surface area contributed by atoms with Crippen molar-refractivity contribution in [3.63, 3.8) is 0 Å². The van der Waals surface area contributed by atoms with Gasteiger partial charge in [-0.2, -0.15) is 0 Å². The molecule has 100 valence electrons. The topological polar surface area (TPSA) is 58.4 Å². The molecule has 5 heteroatoms. The molecule has 0 aromatic heterocycles. The highest BCUT2D eigenvalue weighted by Gasteiger charge is 2.08. The second kappa shape index (κ2) is 6.96. The van der Waals surface area contributed by atoms with Gasteiger partial charge in [0.25, 0.3) is 0 Å². The smallest absolute Gasteiger partial charge is 0.238 e. The van der Waals surface area contributed by atoms with Gasteiger partial charge in [-0.15, -0.1) is 0 Å². The lowest BCUT2D eigenvalue weighted by Gasteiger charge is -2.19. The van der Waals surface area contributed by atoms with E-state index >= 15 is 0 Å². The number of nitrogens with one attached hydrogen (secondary N) is 1. The van der Waals surface area contributed by atoms with E-state index in [1.54, 1.807) is 12.1 Å². The molecule has 1 aromatic rings. The average molecular weight is 253 g/mol. The van der Waals surface area contributed by atoms with E-state index < -0.39 is 11.7 Å². The Morgan fingerprint density at radius 1 is 1.50 bits per heavy atom. The molecular formula is C13H20FN3O. The Labute approximate surface area is 107 Å². The first-order valence-electron chi connectivity index (χ1n) is 6.09. The number of hydrogen-bond acceptors (Lipinski definition) is 3. The van der Waals surface area contributed by atoms with Gasteiger partial charge in [0.2, 0.25) is 5.91 Å². The minimum atomic E-state index is -0.447. The summed E-state index contributed by atoms with van der Waals surface area (Å²) < 4.78 is 13.7. The molecule has 0 radical (unpaired) electrons. The Balaban J connectivity index is 2.75. The van der Waals surface area contributed by atoms with Gasteiger partial charge in [-0.3, -0.25) is 4.79 Å². The van der Waals surface area contributed by atoms with Gasteiger partial charge in [0.15, 0.2) is 0 Å². The molecule has 0 saturated carbocycles. The second-order valence-electron chi connectivity index (χ2n) is 4.19. The molecule has 0 aliphatic rings. The third-order valence-electron chi connectivity index (χ3n) is 2.70. The minimum absolute atomic E-state index is 0.155. The number of unbranched alkanes of at least 4 members (excludes halogenated alkanes) is 1. The van der Waals surface area contributed by atoms with Crippen molar-refractivity contribution in [2.75, 3.05) is 30.4 Å². The monoisotopic (exact) mass is 253 g/mol. The Bertz CT molecular complexity index is 409. The van der Waals surface area contributed by atoms with Crippen LogP contribution in [-0.2, 0) is 4.79 Å². The zero-order chi connectivity index (χ0) is 13.5. The predicted molar refractivity (Wildman–Crippen MR) is 72.3 cm³/mol. The summed E-state index contributed by atoms with van der Waals surface area (Å²) in [7, 11) is 1.92. The standard InChI is InChI=1S/C13H20FN3O/c1-3-4-7-17(2)10-5-6-12(11(14)8-10)16-13(18)9-15/h5-6,8H,3-4,7,9,15H2,1-2H3,(H,16,18). The third kappa shape index (κ3) is 4.00. The van der Waals surface area contributed by atoms with Crippen LogP contribution in [0, 0.1) is 5.82 Å². The van der Waals surface area contributed by atoms with Crippen LogP contribution in [0.3, 0.4) is 0 Å². The lowest BCUT2D eigenvalue weighted by atomic mass is 10.2. The first-order chi connectivity index (χ1) is 8.58. The van der Waals surface area contributed by atoms with Crippen LogP contribution in [0.25, 0.3) is 0 Å². The molecule has 18 heavy (non-hydrogen) atoms. The quantitative estimate of drug-likeness (QED) is 0.814. The van der Waals surface area contributed by atoms with Crippen LogP contribution in [0.1, 0.15) is 19.8 Å². The van der Waals surface area contributed by atoms with E-state index in [2.05, 4.69) is 12.2 Å².